The predicted octanol–water partition coefficient (Wildman–Crippen LogP) is 3.14. The number of halogens is 1. The Morgan fingerprint density at radius 3 is 3.08 bits per heavy atom. The summed E-state index contributed by atoms with van der Waals surface area (Å²) in [5.41, 5.74) is 1.01. The van der Waals surface area contributed by atoms with Crippen LogP contribution in [0.2, 0.25) is 0 Å². The first kappa shape index (κ1) is 7.83. The van der Waals surface area contributed by atoms with Gasteiger partial charge in [0.2, 0.25) is 0 Å². The molecule has 0 aliphatic heterocycles. The summed E-state index contributed by atoms with van der Waals surface area (Å²) in [7, 11) is 0. The summed E-state index contributed by atoms with van der Waals surface area (Å²) >= 11 is 7.24. The number of furan rings is 1. The van der Waals surface area contributed by atoms with Gasteiger partial charge >= 0.3 is 0 Å². The molecule has 2 aromatic heterocycles. The monoisotopic (exact) mass is 199 g/mol. The third-order valence-electron chi connectivity index (χ3n) is 1.45. The van der Waals surface area contributed by atoms with Crippen LogP contribution >= 0.6 is 22.9 Å². The second-order valence-corrected chi connectivity index (χ2v) is 3.66. The van der Waals surface area contributed by atoms with Crippen LogP contribution in [0.1, 0.15) is 4.88 Å². The molecular formula is C8H6ClNOS. The van der Waals surface area contributed by atoms with Crippen LogP contribution in [-0.2, 0) is 5.88 Å². The molecule has 0 spiro atoms. The van der Waals surface area contributed by atoms with Crippen molar-refractivity contribution >= 4 is 22.9 Å². The number of hydrogen-bond donors (Lipinski definition) is 0. The van der Waals surface area contributed by atoms with Gasteiger partial charge in [0.05, 0.1) is 12.1 Å². The number of aromatic nitrogens is 1. The largest absolute Gasteiger partial charge is 0.472 e. The first-order valence-electron chi connectivity index (χ1n) is 3.43. The van der Waals surface area contributed by atoms with Gasteiger partial charge in [-0.3, -0.25) is 0 Å². The van der Waals surface area contributed by atoms with Gasteiger partial charge in [-0.1, -0.05) is 0 Å². The Balaban J connectivity index is 2.35. The van der Waals surface area contributed by atoms with E-state index in [9.17, 15) is 0 Å². The van der Waals surface area contributed by atoms with E-state index in [1.807, 2.05) is 6.07 Å². The van der Waals surface area contributed by atoms with Crippen molar-refractivity contribution in [3.63, 3.8) is 0 Å². The smallest absolute Gasteiger partial charge is 0.126 e. The lowest BCUT2D eigenvalue weighted by molar-refractivity contribution is 0.568. The van der Waals surface area contributed by atoms with Crippen LogP contribution in [0.4, 0.5) is 0 Å². The molecule has 12 heavy (non-hydrogen) atoms. The first-order chi connectivity index (χ1) is 5.90. The van der Waals surface area contributed by atoms with Crippen molar-refractivity contribution in [2.45, 2.75) is 5.88 Å². The summed E-state index contributed by atoms with van der Waals surface area (Å²) in [4.78, 5) is 5.28. The molecule has 0 aromatic carbocycles. The van der Waals surface area contributed by atoms with Gasteiger partial charge in [0.1, 0.15) is 11.3 Å². The fourth-order valence-electron chi connectivity index (χ4n) is 0.889. The number of nitrogens with zero attached hydrogens (tertiary/aromatic N) is 1. The van der Waals surface area contributed by atoms with Crippen molar-refractivity contribution in [3.05, 3.63) is 29.7 Å². The van der Waals surface area contributed by atoms with Gasteiger partial charge in [-0.2, -0.15) is 0 Å². The summed E-state index contributed by atoms with van der Waals surface area (Å²) in [5, 5.41) is 0.958. The minimum absolute atomic E-state index is 0.523. The SMILES string of the molecule is ClCc1cnc(-c2ccoc2)s1. The highest BCUT2D eigenvalue weighted by molar-refractivity contribution is 7.15. The van der Waals surface area contributed by atoms with E-state index in [2.05, 4.69) is 4.98 Å². The zero-order chi connectivity index (χ0) is 8.39. The molecule has 2 heterocycles. The van der Waals surface area contributed by atoms with E-state index in [0.29, 0.717) is 5.88 Å². The molecule has 0 fully saturated rings. The van der Waals surface area contributed by atoms with Crippen LogP contribution < -0.4 is 0 Å². The normalized spacial score (nSPS) is 10.4. The van der Waals surface area contributed by atoms with Crippen molar-refractivity contribution in [1.82, 2.24) is 4.98 Å². The highest BCUT2D eigenvalue weighted by Gasteiger charge is 2.04. The van der Waals surface area contributed by atoms with Crippen LogP contribution in [0.25, 0.3) is 10.6 Å². The van der Waals surface area contributed by atoms with Crippen molar-refractivity contribution < 1.29 is 4.42 Å². The van der Waals surface area contributed by atoms with Gasteiger partial charge in [-0.25, -0.2) is 4.98 Å². The molecule has 4 heteroatoms. The Kier molecular flexibility index (Phi) is 2.15. The Morgan fingerprint density at radius 2 is 2.50 bits per heavy atom. The lowest BCUT2D eigenvalue weighted by Crippen LogP contribution is -1.65. The fraction of sp³-hybridized carbons (Fsp3) is 0.125. The van der Waals surface area contributed by atoms with E-state index in [1.165, 1.54) is 0 Å². The lowest BCUT2D eigenvalue weighted by atomic mass is 10.4. The van der Waals surface area contributed by atoms with E-state index in [1.54, 1.807) is 30.1 Å². The molecule has 0 saturated carbocycles. The number of hydrogen-bond acceptors (Lipinski definition) is 3. The van der Waals surface area contributed by atoms with E-state index in [-0.39, 0.29) is 0 Å². The number of rotatable bonds is 2. The van der Waals surface area contributed by atoms with E-state index >= 15 is 0 Å². The zero-order valence-electron chi connectivity index (χ0n) is 6.16. The van der Waals surface area contributed by atoms with Gasteiger partial charge < -0.3 is 4.42 Å². The van der Waals surface area contributed by atoms with Crippen LogP contribution in [0.3, 0.4) is 0 Å². The van der Waals surface area contributed by atoms with Crippen LogP contribution in [0.5, 0.6) is 0 Å². The van der Waals surface area contributed by atoms with Crippen LogP contribution in [0, 0.1) is 0 Å². The highest BCUT2D eigenvalue weighted by atomic mass is 35.5. The first-order valence-corrected chi connectivity index (χ1v) is 4.78. The summed E-state index contributed by atoms with van der Waals surface area (Å²) in [5.74, 6) is 0.523. The molecule has 2 aromatic rings. The third-order valence-corrected chi connectivity index (χ3v) is 2.95. The van der Waals surface area contributed by atoms with Crippen LogP contribution in [-0.4, -0.2) is 4.98 Å². The fourth-order valence-corrected chi connectivity index (χ4v) is 1.87. The lowest BCUT2D eigenvalue weighted by Gasteiger charge is -1.84. The molecule has 2 rings (SSSR count). The average Bonchev–Trinajstić information content (AvgIpc) is 2.75. The number of thiazole rings is 1. The van der Waals surface area contributed by atoms with Gasteiger partial charge in [0, 0.05) is 16.6 Å². The van der Waals surface area contributed by atoms with E-state index in [4.69, 9.17) is 16.0 Å². The molecule has 0 saturated heterocycles. The minimum atomic E-state index is 0.523. The Morgan fingerprint density at radius 1 is 1.58 bits per heavy atom. The second-order valence-electron chi connectivity index (χ2n) is 2.28. The molecule has 0 aliphatic rings. The minimum Gasteiger partial charge on any atom is -0.472 e. The quantitative estimate of drug-likeness (QED) is 0.695. The van der Waals surface area contributed by atoms with Crippen molar-refractivity contribution in [1.29, 1.82) is 0 Å². The standard InChI is InChI=1S/C8H6ClNOS/c9-3-7-4-10-8(12-7)6-1-2-11-5-6/h1-2,4-5H,3H2. The van der Waals surface area contributed by atoms with Gasteiger partial charge in [0.15, 0.2) is 0 Å². The predicted molar refractivity (Wildman–Crippen MR) is 49.4 cm³/mol. The molecule has 62 valence electrons. The molecule has 0 aliphatic carbocycles. The van der Waals surface area contributed by atoms with Crippen LogP contribution in [0.15, 0.2) is 29.2 Å². The Labute approximate surface area is 78.8 Å². The summed E-state index contributed by atoms with van der Waals surface area (Å²) < 4.78 is 4.95. The van der Waals surface area contributed by atoms with Crippen molar-refractivity contribution in [2.75, 3.05) is 0 Å². The summed E-state index contributed by atoms with van der Waals surface area (Å²) in [6, 6.07) is 1.89. The zero-order valence-corrected chi connectivity index (χ0v) is 7.73. The van der Waals surface area contributed by atoms with Gasteiger partial charge in [0.25, 0.3) is 0 Å². The van der Waals surface area contributed by atoms with Crippen molar-refractivity contribution in [2.24, 2.45) is 0 Å². The Bertz CT molecular complexity index is 355. The van der Waals surface area contributed by atoms with Gasteiger partial charge in [-0.05, 0) is 6.07 Å². The second kappa shape index (κ2) is 3.29. The topological polar surface area (TPSA) is 26.0 Å². The van der Waals surface area contributed by atoms with Crippen molar-refractivity contribution in [3.8, 4) is 10.6 Å². The molecule has 0 atom stereocenters. The molecule has 0 amide bonds. The third kappa shape index (κ3) is 1.38. The Hall–Kier alpha value is -0.800. The number of alkyl halides is 1. The van der Waals surface area contributed by atoms with Gasteiger partial charge in [-0.15, -0.1) is 22.9 Å². The van der Waals surface area contributed by atoms with E-state index in [0.717, 1.165) is 15.4 Å². The molecule has 0 bridgehead atoms. The molecular weight excluding hydrogens is 194 g/mol. The van der Waals surface area contributed by atoms with E-state index < -0.39 is 0 Å². The highest BCUT2D eigenvalue weighted by Crippen LogP contribution is 2.25. The maximum atomic E-state index is 5.65. The average molecular weight is 200 g/mol. The molecule has 0 unspecified atom stereocenters. The summed E-state index contributed by atoms with van der Waals surface area (Å²) in [6.45, 7) is 0. The molecule has 0 N–H and O–H groups in total. The summed E-state index contributed by atoms with van der Waals surface area (Å²) in [6.07, 6.45) is 5.11. The maximum Gasteiger partial charge on any atom is 0.126 e. The maximum absolute atomic E-state index is 5.65. The molecule has 0 radical (unpaired) electrons. The molecule has 2 nitrogen and oxygen atoms in total.